The third-order valence-corrected chi connectivity index (χ3v) is 7.18. The first-order valence-electron chi connectivity index (χ1n) is 10.1. The molecule has 1 aliphatic rings. The van der Waals surface area contributed by atoms with E-state index < -0.39 is 0 Å². The zero-order chi connectivity index (χ0) is 23.3. The summed E-state index contributed by atoms with van der Waals surface area (Å²) in [4.78, 5) is 19.7. The SMILES string of the molecule is COc1cc(-c2nc3sc(C)cn3c2/C=C2/C(=O)Nc3ccccc32)c(Br)c(OC)c1OC. The number of imidazole rings is 1. The Morgan fingerprint density at radius 2 is 1.85 bits per heavy atom. The minimum atomic E-state index is -0.145. The molecule has 33 heavy (non-hydrogen) atoms. The smallest absolute Gasteiger partial charge is 0.256 e. The molecule has 0 aliphatic carbocycles. The Hall–Kier alpha value is -3.30. The van der Waals surface area contributed by atoms with Crippen LogP contribution in [0.2, 0.25) is 0 Å². The van der Waals surface area contributed by atoms with Gasteiger partial charge in [-0.25, -0.2) is 4.98 Å². The number of halogens is 1. The predicted octanol–water partition coefficient (Wildman–Crippen LogP) is 5.65. The summed E-state index contributed by atoms with van der Waals surface area (Å²) >= 11 is 5.25. The number of ether oxygens (including phenoxy) is 3. The number of fused-ring (bicyclic) bond motifs is 2. The Morgan fingerprint density at radius 3 is 2.58 bits per heavy atom. The van der Waals surface area contributed by atoms with Gasteiger partial charge in [0, 0.05) is 27.9 Å². The van der Waals surface area contributed by atoms with Crippen molar-refractivity contribution in [2.75, 3.05) is 26.6 Å². The van der Waals surface area contributed by atoms with Crippen LogP contribution >= 0.6 is 27.3 Å². The van der Waals surface area contributed by atoms with Gasteiger partial charge < -0.3 is 19.5 Å². The first-order chi connectivity index (χ1) is 16.0. The number of hydrogen-bond acceptors (Lipinski definition) is 6. The topological polar surface area (TPSA) is 74.1 Å². The minimum Gasteiger partial charge on any atom is -0.493 e. The molecule has 9 heteroatoms. The van der Waals surface area contributed by atoms with Crippen LogP contribution in [0.1, 0.15) is 16.1 Å². The Balaban J connectivity index is 1.80. The second-order valence-corrected chi connectivity index (χ2v) is 9.41. The molecule has 4 aromatic rings. The Morgan fingerprint density at radius 1 is 1.09 bits per heavy atom. The zero-order valence-corrected chi connectivity index (χ0v) is 20.8. The lowest BCUT2D eigenvalue weighted by Gasteiger charge is -2.16. The van der Waals surface area contributed by atoms with Crippen LogP contribution in [0.3, 0.4) is 0 Å². The lowest BCUT2D eigenvalue weighted by Crippen LogP contribution is -2.04. The number of anilines is 1. The molecular formula is C24H20BrN3O4S. The van der Waals surface area contributed by atoms with E-state index in [1.165, 1.54) is 0 Å². The van der Waals surface area contributed by atoms with E-state index in [0.717, 1.165) is 32.3 Å². The number of nitrogens with one attached hydrogen (secondary N) is 1. The van der Waals surface area contributed by atoms with Crippen LogP contribution in [0.15, 0.2) is 41.0 Å². The van der Waals surface area contributed by atoms with Gasteiger partial charge in [0.25, 0.3) is 5.91 Å². The molecule has 0 unspecified atom stereocenters. The van der Waals surface area contributed by atoms with Gasteiger partial charge in [0.05, 0.1) is 42.8 Å². The van der Waals surface area contributed by atoms with Crippen LogP contribution in [-0.4, -0.2) is 36.6 Å². The number of carbonyl (C=O) groups excluding carboxylic acids is 1. The van der Waals surface area contributed by atoms with Crippen molar-refractivity contribution in [1.82, 2.24) is 9.38 Å². The molecule has 0 radical (unpaired) electrons. The number of carbonyl (C=O) groups is 1. The van der Waals surface area contributed by atoms with E-state index in [4.69, 9.17) is 19.2 Å². The lowest BCUT2D eigenvalue weighted by molar-refractivity contribution is -0.110. The molecule has 7 nitrogen and oxygen atoms in total. The molecular weight excluding hydrogens is 506 g/mol. The van der Waals surface area contributed by atoms with Crippen molar-refractivity contribution >= 4 is 55.5 Å². The fourth-order valence-electron chi connectivity index (χ4n) is 4.02. The van der Waals surface area contributed by atoms with Gasteiger partial charge in [0.2, 0.25) is 5.75 Å². The average Bonchev–Trinajstić information content (AvgIpc) is 3.44. The summed E-state index contributed by atoms with van der Waals surface area (Å²) in [6.07, 6.45) is 3.91. The van der Waals surface area contributed by atoms with Gasteiger partial charge >= 0.3 is 0 Å². The summed E-state index contributed by atoms with van der Waals surface area (Å²) in [5, 5.41) is 2.94. The molecule has 5 rings (SSSR count). The molecule has 2 aromatic heterocycles. The number of methoxy groups -OCH3 is 3. The molecule has 168 valence electrons. The van der Waals surface area contributed by atoms with Crippen LogP contribution in [0, 0.1) is 6.92 Å². The van der Waals surface area contributed by atoms with Gasteiger partial charge in [-0.1, -0.05) is 18.2 Å². The van der Waals surface area contributed by atoms with E-state index in [0.29, 0.717) is 33.0 Å². The maximum Gasteiger partial charge on any atom is 0.256 e. The van der Waals surface area contributed by atoms with Crippen molar-refractivity contribution in [2.45, 2.75) is 6.92 Å². The standard InChI is InChI=1S/C24H20BrN3O4S/c1-12-11-28-17(9-14-13-7-5-6-8-16(13)26-23(14)29)20(27-24(28)33-12)15-10-18(30-2)21(31-3)22(32-4)19(15)25/h5-11H,1-4H3,(H,26,29)/b14-9+. The van der Waals surface area contributed by atoms with Crippen LogP contribution in [0.5, 0.6) is 17.2 Å². The van der Waals surface area contributed by atoms with E-state index in [-0.39, 0.29) is 5.91 Å². The molecule has 0 saturated carbocycles. The number of amides is 1. The quantitative estimate of drug-likeness (QED) is 0.340. The van der Waals surface area contributed by atoms with Gasteiger partial charge in [0.1, 0.15) is 0 Å². The van der Waals surface area contributed by atoms with Gasteiger partial charge in [-0.15, -0.1) is 11.3 Å². The number of aryl methyl sites for hydroxylation is 1. The van der Waals surface area contributed by atoms with Crippen molar-refractivity contribution in [1.29, 1.82) is 0 Å². The van der Waals surface area contributed by atoms with E-state index in [2.05, 4.69) is 21.2 Å². The third kappa shape index (κ3) is 3.39. The third-order valence-electron chi connectivity index (χ3n) is 5.49. The molecule has 0 spiro atoms. The Labute approximate surface area is 202 Å². The first-order valence-corrected chi connectivity index (χ1v) is 11.7. The van der Waals surface area contributed by atoms with Gasteiger partial charge in [-0.3, -0.25) is 9.20 Å². The zero-order valence-electron chi connectivity index (χ0n) is 18.4. The molecule has 1 amide bonds. The van der Waals surface area contributed by atoms with Gasteiger partial charge in [-0.05, 0) is 41.1 Å². The van der Waals surface area contributed by atoms with Crippen LogP contribution in [-0.2, 0) is 4.79 Å². The molecule has 2 aromatic carbocycles. The predicted molar refractivity (Wildman–Crippen MR) is 134 cm³/mol. The highest BCUT2D eigenvalue weighted by Gasteiger charge is 2.27. The summed E-state index contributed by atoms with van der Waals surface area (Å²) in [7, 11) is 4.71. The maximum absolute atomic E-state index is 12.8. The van der Waals surface area contributed by atoms with Crippen molar-refractivity contribution in [2.24, 2.45) is 0 Å². The fourth-order valence-corrected chi connectivity index (χ4v) is 5.50. The highest BCUT2D eigenvalue weighted by Crippen LogP contribution is 2.49. The van der Waals surface area contributed by atoms with Crippen molar-refractivity contribution in [3.63, 3.8) is 0 Å². The van der Waals surface area contributed by atoms with Gasteiger partial charge in [-0.2, -0.15) is 0 Å². The van der Waals surface area contributed by atoms with Crippen LogP contribution in [0.4, 0.5) is 5.69 Å². The molecule has 0 fully saturated rings. The minimum absolute atomic E-state index is 0.145. The van der Waals surface area contributed by atoms with Crippen molar-refractivity contribution in [3.05, 3.63) is 57.1 Å². The number of aromatic nitrogens is 2. The second-order valence-electron chi connectivity index (χ2n) is 7.40. The number of para-hydroxylation sites is 1. The van der Waals surface area contributed by atoms with E-state index >= 15 is 0 Å². The summed E-state index contributed by atoms with van der Waals surface area (Å²) in [5.74, 6) is 1.36. The number of benzene rings is 2. The lowest BCUT2D eigenvalue weighted by atomic mass is 10.0. The molecule has 0 atom stereocenters. The Kier molecular flexibility index (Phi) is 5.38. The highest BCUT2D eigenvalue weighted by atomic mass is 79.9. The maximum atomic E-state index is 12.8. The number of nitrogens with zero attached hydrogens (tertiary/aromatic N) is 2. The molecule has 0 saturated heterocycles. The Bertz CT molecular complexity index is 1450. The van der Waals surface area contributed by atoms with E-state index in [1.807, 2.05) is 53.9 Å². The summed E-state index contributed by atoms with van der Waals surface area (Å²) in [5.41, 5.74) is 4.48. The average molecular weight is 526 g/mol. The number of thiazole rings is 1. The van der Waals surface area contributed by atoms with Crippen LogP contribution in [0.25, 0.3) is 27.9 Å². The van der Waals surface area contributed by atoms with E-state index in [1.54, 1.807) is 32.7 Å². The number of hydrogen-bond donors (Lipinski definition) is 1. The highest BCUT2D eigenvalue weighted by molar-refractivity contribution is 9.10. The van der Waals surface area contributed by atoms with Crippen molar-refractivity contribution < 1.29 is 19.0 Å². The van der Waals surface area contributed by atoms with Crippen molar-refractivity contribution in [3.8, 4) is 28.5 Å². The number of rotatable bonds is 5. The summed E-state index contributed by atoms with van der Waals surface area (Å²) in [6.45, 7) is 2.03. The molecule has 0 bridgehead atoms. The summed E-state index contributed by atoms with van der Waals surface area (Å²) in [6, 6.07) is 9.51. The second kappa shape index (κ2) is 8.24. The first kappa shape index (κ1) is 21.5. The largest absolute Gasteiger partial charge is 0.493 e. The molecule has 1 N–H and O–H groups in total. The monoisotopic (exact) mass is 525 g/mol. The normalized spacial score (nSPS) is 14.0. The molecule has 1 aliphatic heterocycles. The molecule has 3 heterocycles. The van der Waals surface area contributed by atoms with E-state index in [9.17, 15) is 4.79 Å². The fraction of sp³-hybridized carbons (Fsp3) is 0.167. The van der Waals surface area contributed by atoms with Gasteiger partial charge in [0.15, 0.2) is 16.5 Å². The van der Waals surface area contributed by atoms with Crippen LogP contribution < -0.4 is 19.5 Å². The summed E-state index contributed by atoms with van der Waals surface area (Å²) < 4.78 is 19.4.